The van der Waals surface area contributed by atoms with Crippen molar-refractivity contribution in [2.75, 3.05) is 11.9 Å². The van der Waals surface area contributed by atoms with Crippen LogP contribution >= 0.6 is 11.6 Å². The highest BCUT2D eigenvalue weighted by Gasteiger charge is 2.27. The minimum absolute atomic E-state index is 0.0612. The second-order valence-electron chi connectivity index (χ2n) is 4.38. The van der Waals surface area contributed by atoms with Crippen molar-refractivity contribution < 1.29 is 9.90 Å². The van der Waals surface area contributed by atoms with Gasteiger partial charge in [-0.2, -0.15) is 9.98 Å². The molecule has 0 bridgehead atoms. The van der Waals surface area contributed by atoms with E-state index >= 15 is 0 Å². The van der Waals surface area contributed by atoms with Gasteiger partial charge in [-0.15, -0.1) is 0 Å². The third kappa shape index (κ3) is 2.50. The van der Waals surface area contributed by atoms with Crippen LogP contribution in [0.15, 0.2) is 44.3 Å². The lowest BCUT2D eigenvalue weighted by atomic mass is 10.1. The van der Waals surface area contributed by atoms with Gasteiger partial charge in [0.15, 0.2) is 5.84 Å². The van der Waals surface area contributed by atoms with E-state index in [0.717, 1.165) is 0 Å². The highest BCUT2D eigenvalue weighted by atomic mass is 35.5. The Labute approximate surface area is 124 Å². The van der Waals surface area contributed by atoms with E-state index in [1.807, 2.05) is 0 Å². The minimum atomic E-state index is -0.470. The fraction of sp³-hybridized carbons (Fsp3) is 0.0769. The standard InChI is InChI=1S/C13H10ClN5O2/c14-7-1-2-9(20)8(3-7)16-4-6-5-17-11-10(6)12(21)19-13(15)18-11/h1-3,5,16,20H,4H2,(H2,15,19,21). The first-order valence-corrected chi connectivity index (χ1v) is 6.39. The molecule has 1 aromatic carbocycles. The summed E-state index contributed by atoms with van der Waals surface area (Å²) in [4.78, 5) is 23.4. The van der Waals surface area contributed by atoms with Crippen LogP contribution in [0.25, 0.3) is 0 Å². The maximum atomic E-state index is 11.8. The van der Waals surface area contributed by atoms with Crippen LogP contribution in [-0.2, 0) is 4.79 Å². The number of rotatable bonds is 3. The molecule has 0 saturated carbocycles. The molecule has 0 aromatic heterocycles. The van der Waals surface area contributed by atoms with Gasteiger partial charge in [0, 0.05) is 23.4 Å². The maximum absolute atomic E-state index is 11.8. The third-order valence-corrected chi connectivity index (χ3v) is 3.20. The molecular weight excluding hydrogens is 294 g/mol. The number of phenols is 1. The van der Waals surface area contributed by atoms with Crippen LogP contribution in [0.2, 0.25) is 5.02 Å². The predicted octanol–water partition coefficient (Wildman–Crippen LogP) is 1.09. The molecule has 0 spiro atoms. The Hall–Kier alpha value is -2.67. The molecule has 1 aromatic rings. The van der Waals surface area contributed by atoms with E-state index in [9.17, 15) is 9.90 Å². The number of amides is 1. The summed E-state index contributed by atoms with van der Waals surface area (Å²) in [5.74, 6) is -0.245. The fourth-order valence-corrected chi connectivity index (χ4v) is 2.17. The first-order valence-electron chi connectivity index (χ1n) is 6.02. The zero-order valence-electron chi connectivity index (χ0n) is 10.7. The van der Waals surface area contributed by atoms with Crippen LogP contribution < -0.4 is 11.1 Å². The summed E-state index contributed by atoms with van der Waals surface area (Å²) in [5.41, 5.74) is 6.81. The molecule has 0 fully saturated rings. The Bertz CT molecular complexity index is 764. The number of fused-ring (bicyclic) bond motifs is 1. The van der Waals surface area contributed by atoms with Crippen molar-refractivity contribution >= 4 is 41.2 Å². The summed E-state index contributed by atoms with van der Waals surface area (Å²) in [6.45, 7) is 0.271. The van der Waals surface area contributed by atoms with Gasteiger partial charge in [-0.05, 0) is 18.2 Å². The lowest BCUT2D eigenvalue weighted by Gasteiger charge is -2.10. The number of amidine groups is 1. The summed E-state index contributed by atoms with van der Waals surface area (Å²) >= 11 is 5.87. The van der Waals surface area contributed by atoms with E-state index in [4.69, 9.17) is 17.3 Å². The number of aliphatic imine (C=N–C) groups is 3. The molecule has 8 heteroatoms. The van der Waals surface area contributed by atoms with Crippen LogP contribution in [0.5, 0.6) is 5.75 Å². The highest BCUT2D eigenvalue weighted by molar-refractivity contribution is 6.34. The van der Waals surface area contributed by atoms with E-state index in [1.165, 1.54) is 12.3 Å². The zero-order chi connectivity index (χ0) is 15.0. The average molecular weight is 304 g/mol. The molecule has 0 saturated heterocycles. The summed E-state index contributed by atoms with van der Waals surface area (Å²) in [6.07, 6.45) is 1.52. The summed E-state index contributed by atoms with van der Waals surface area (Å²) in [5, 5.41) is 13.2. The van der Waals surface area contributed by atoms with E-state index in [2.05, 4.69) is 20.3 Å². The molecule has 0 atom stereocenters. The van der Waals surface area contributed by atoms with Crippen LogP contribution in [0.4, 0.5) is 5.69 Å². The fourth-order valence-electron chi connectivity index (χ4n) is 2.00. The van der Waals surface area contributed by atoms with Crippen molar-refractivity contribution in [3.63, 3.8) is 0 Å². The number of carbonyl (C=O) groups is 1. The van der Waals surface area contributed by atoms with Gasteiger partial charge in [0.25, 0.3) is 5.91 Å². The van der Waals surface area contributed by atoms with Gasteiger partial charge >= 0.3 is 0 Å². The molecular formula is C13H10ClN5O2. The Morgan fingerprint density at radius 3 is 2.95 bits per heavy atom. The van der Waals surface area contributed by atoms with Crippen molar-refractivity contribution in [1.82, 2.24) is 0 Å². The van der Waals surface area contributed by atoms with Gasteiger partial charge in [-0.25, -0.2) is 4.99 Å². The minimum Gasteiger partial charge on any atom is -0.506 e. The molecule has 0 aliphatic carbocycles. The molecule has 3 rings (SSSR count). The summed E-state index contributed by atoms with van der Waals surface area (Å²) < 4.78 is 0. The maximum Gasteiger partial charge on any atom is 0.284 e. The number of phenolic OH excluding ortho intramolecular Hbond substituents is 1. The number of nitrogens with one attached hydrogen (secondary N) is 1. The van der Waals surface area contributed by atoms with Crippen LogP contribution in [-0.4, -0.2) is 35.6 Å². The first kappa shape index (κ1) is 13.3. The quantitative estimate of drug-likeness (QED) is 0.725. The first-order chi connectivity index (χ1) is 10.0. The van der Waals surface area contributed by atoms with Crippen molar-refractivity contribution in [2.24, 2.45) is 20.7 Å². The second-order valence-corrected chi connectivity index (χ2v) is 4.82. The third-order valence-electron chi connectivity index (χ3n) is 2.97. The lowest BCUT2D eigenvalue weighted by molar-refractivity contribution is -0.113. The van der Waals surface area contributed by atoms with Crippen LogP contribution in [0, 0.1) is 0 Å². The lowest BCUT2D eigenvalue weighted by Crippen LogP contribution is -2.23. The Morgan fingerprint density at radius 1 is 1.33 bits per heavy atom. The molecule has 2 aliphatic rings. The molecule has 0 unspecified atom stereocenters. The molecule has 0 radical (unpaired) electrons. The second kappa shape index (κ2) is 5.02. The predicted molar refractivity (Wildman–Crippen MR) is 81.2 cm³/mol. The molecule has 21 heavy (non-hydrogen) atoms. The van der Waals surface area contributed by atoms with Gasteiger partial charge in [0.1, 0.15) is 5.75 Å². The Balaban J connectivity index is 1.83. The normalized spacial score (nSPS) is 16.7. The molecule has 7 nitrogen and oxygen atoms in total. The molecule has 2 heterocycles. The molecule has 4 N–H and O–H groups in total. The van der Waals surface area contributed by atoms with E-state index in [-0.39, 0.29) is 24.1 Å². The largest absolute Gasteiger partial charge is 0.506 e. The number of benzene rings is 1. The van der Waals surface area contributed by atoms with Crippen LogP contribution in [0.1, 0.15) is 0 Å². The number of hydrogen-bond donors (Lipinski definition) is 3. The van der Waals surface area contributed by atoms with E-state index in [1.54, 1.807) is 12.1 Å². The number of hydrogen-bond acceptors (Lipinski definition) is 6. The Kier molecular flexibility index (Phi) is 3.19. The van der Waals surface area contributed by atoms with Crippen molar-refractivity contribution in [3.05, 3.63) is 34.4 Å². The topological polar surface area (TPSA) is 112 Å². The molecule has 106 valence electrons. The van der Waals surface area contributed by atoms with E-state index < -0.39 is 5.91 Å². The van der Waals surface area contributed by atoms with Crippen molar-refractivity contribution in [2.45, 2.75) is 0 Å². The number of anilines is 1. The zero-order valence-corrected chi connectivity index (χ0v) is 11.4. The number of guanidine groups is 1. The molecule has 2 aliphatic heterocycles. The average Bonchev–Trinajstić information content (AvgIpc) is 2.83. The number of aromatic hydroxyl groups is 1. The van der Waals surface area contributed by atoms with Gasteiger partial charge in [-0.3, -0.25) is 4.79 Å². The number of nitrogens with two attached hydrogens (primary N) is 1. The SMILES string of the molecule is NC1=NC(=O)C2=C(CNc3cc(Cl)ccc3O)C=NC2=N1. The van der Waals surface area contributed by atoms with Gasteiger partial charge < -0.3 is 16.2 Å². The smallest absolute Gasteiger partial charge is 0.284 e. The monoisotopic (exact) mass is 303 g/mol. The van der Waals surface area contributed by atoms with Crippen molar-refractivity contribution in [1.29, 1.82) is 0 Å². The van der Waals surface area contributed by atoms with Gasteiger partial charge in [-0.1, -0.05) is 11.6 Å². The summed E-state index contributed by atoms with van der Waals surface area (Å²) in [6, 6.07) is 4.64. The number of carbonyl (C=O) groups excluding carboxylic acids is 1. The van der Waals surface area contributed by atoms with E-state index in [0.29, 0.717) is 21.9 Å². The number of nitrogens with zero attached hydrogens (tertiary/aromatic N) is 3. The Morgan fingerprint density at radius 2 is 2.14 bits per heavy atom. The van der Waals surface area contributed by atoms with Crippen molar-refractivity contribution in [3.8, 4) is 5.75 Å². The van der Waals surface area contributed by atoms with Gasteiger partial charge in [0.05, 0.1) is 11.3 Å². The van der Waals surface area contributed by atoms with Gasteiger partial charge in [0.2, 0.25) is 5.96 Å². The van der Waals surface area contributed by atoms with Crippen LogP contribution in [0.3, 0.4) is 0 Å². The highest BCUT2D eigenvalue weighted by Crippen LogP contribution is 2.27. The number of halogens is 1. The summed E-state index contributed by atoms with van der Waals surface area (Å²) in [7, 11) is 0. The molecule has 1 amide bonds.